The molecule has 0 rings (SSSR count). The molecule has 0 fully saturated rings. The zero-order chi connectivity index (χ0) is 9.78. The lowest BCUT2D eigenvalue weighted by Gasteiger charge is -2.18. The second-order valence-corrected chi connectivity index (χ2v) is 3.82. The summed E-state index contributed by atoms with van der Waals surface area (Å²) >= 11 is 0. The predicted molar refractivity (Wildman–Crippen MR) is 54.1 cm³/mol. The number of aliphatic hydroxyl groups is 1. The highest BCUT2D eigenvalue weighted by atomic mass is 16.3. The summed E-state index contributed by atoms with van der Waals surface area (Å²) < 4.78 is 0. The molecule has 0 bridgehead atoms. The molecule has 12 heavy (non-hydrogen) atoms. The summed E-state index contributed by atoms with van der Waals surface area (Å²) in [7, 11) is 0. The average Bonchev–Trinajstić information content (AvgIpc) is 1.97. The minimum absolute atomic E-state index is 0.0739. The fraction of sp³-hybridized carbons (Fsp3) is 0.455. The van der Waals surface area contributed by atoms with Gasteiger partial charge in [0.1, 0.15) is 5.76 Å². The summed E-state index contributed by atoms with van der Waals surface area (Å²) in [5.41, 5.74) is 1.08. The van der Waals surface area contributed by atoms with Crippen LogP contribution in [0.4, 0.5) is 0 Å². The summed E-state index contributed by atoms with van der Waals surface area (Å²) in [6, 6.07) is 0. The summed E-state index contributed by atoms with van der Waals surface area (Å²) in [6.07, 6.45) is 5.15. The van der Waals surface area contributed by atoms with Gasteiger partial charge in [0.05, 0.1) is 0 Å². The Labute approximate surface area is 75.1 Å². The van der Waals surface area contributed by atoms with Gasteiger partial charge in [-0.25, -0.2) is 0 Å². The quantitative estimate of drug-likeness (QED) is 0.491. The molecule has 1 heteroatoms. The minimum Gasteiger partial charge on any atom is -0.508 e. The standard InChI is InChI=1S/C11H18O/c1-6-10(12)8-7-9(2)11(3,4)5/h6-8,12H,2H2,1,3-5H3/b8-7-,10-6+. The van der Waals surface area contributed by atoms with Crippen molar-refractivity contribution in [2.45, 2.75) is 27.7 Å². The van der Waals surface area contributed by atoms with Crippen molar-refractivity contribution >= 4 is 0 Å². The maximum absolute atomic E-state index is 9.11. The van der Waals surface area contributed by atoms with E-state index in [0.29, 0.717) is 0 Å². The van der Waals surface area contributed by atoms with Crippen molar-refractivity contribution in [1.82, 2.24) is 0 Å². The van der Waals surface area contributed by atoms with E-state index in [-0.39, 0.29) is 11.2 Å². The molecule has 68 valence electrons. The van der Waals surface area contributed by atoms with Crippen molar-refractivity contribution in [2.75, 3.05) is 0 Å². The fourth-order valence-electron chi connectivity index (χ4n) is 0.532. The first-order valence-electron chi connectivity index (χ1n) is 4.10. The summed E-state index contributed by atoms with van der Waals surface area (Å²) in [6.45, 7) is 12.0. The molecule has 0 saturated heterocycles. The van der Waals surface area contributed by atoms with Gasteiger partial charge in [0, 0.05) is 0 Å². The lowest BCUT2D eigenvalue weighted by molar-refractivity contribution is 0.431. The third-order valence-electron chi connectivity index (χ3n) is 1.71. The van der Waals surface area contributed by atoms with Gasteiger partial charge in [0.25, 0.3) is 0 Å². The van der Waals surface area contributed by atoms with E-state index in [1.54, 1.807) is 19.1 Å². The molecule has 0 aromatic heterocycles. The molecular formula is C11H18O. The van der Waals surface area contributed by atoms with Crippen LogP contribution in [0.25, 0.3) is 0 Å². The second-order valence-electron chi connectivity index (χ2n) is 3.82. The average molecular weight is 166 g/mol. The fourth-order valence-corrected chi connectivity index (χ4v) is 0.532. The topological polar surface area (TPSA) is 20.2 Å². The highest BCUT2D eigenvalue weighted by molar-refractivity contribution is 5.25. The first-order valence-corrected chi connectivity index (χ1v) is 4.10. The number of hydrogen-bond acceptors (Lipinski definition) is 1. The molecule has 0 atom stereocenters. The van der Waals surface area contributed by atoms with Crippen LogP contribution in [0.5, 0.6) is 0 Å². The van der Waals surface area contributed by atoms with Gasteiger partial charge in [0.15, 0.2) is 0 Å². The maximum atomic E-state index is 9.11. The molecule has 1 nitrogen and oxygen atoms in total. The molecule has 0 saturated carbocycles. The summed E-state index contributed by atoms with van der Waals surface area (Å²) in [4.78, 5) is 0. The number of hydrogen-bond donors (Lipinski definition) is 1. The van der Waals surface area contributed by atoms with E-state index in [2.05, 4.69) is 27.4 Å². The smallest absolute Gasteiger partial charge is 0.111 e. The van der Waals surface area contributed by atoms with E-state index in [4.69, 9.17) is 5.11 Å². The normalized spacial score (nSPS) is 13.8. The van der Waals surface area contributed by atoms with Crippen molar-refractivity contribution in [1.29, 1.82) is 0 Å². The zero-order valence-electron chi connectivity index (χ0n) is 8.39. The Kier molecular flexibility index (Phi) is 3.81. The van der Waals surface area contributed by atoms with Gasteiger partial charge in [-0.05, 0) is 30.1 Å². The Balaban J connectivity index is 4.29. The van der Waals surface area contributed by atoms with Gasteiger partial charge < -0.3 is 5.11 Å². The van der Waals surface area contributed by atoms with E-state index in [1.807, 2.05) is 6.08 Å². The van der Waals surface area contributed by atoms with Crippen LogP contribution in [0.2, 0.25) is 0 Å². The summed E-state index contributed by atoms with van der Waals surface area (Å²) in [5, 5.41) is 9.11. The third-order valence-corrected chi connectivity index (χ3v) is 1.71. The Morgan fingerprint density at radius 3 is 2.08 bits per heavy atom. The third kappa shape index (κ3) is 4.02. The Morgan fingerprint density at radius 2 is 1.75 bits per heavy atom. The van der Waals surface area contributed by atoms with Crippen LogP contribution >= 0.6 is 0 Å². The van der Waals surface area contributed by atoms with E-state index >= 15 is 0 Å². The molecular weight excluding hydrogens is 148 g/mol. The van der Waals surface area contributed by atoms with Gasteiger partial charge in [-0.3, -0.25) is 0 Å². The van der Waals surface area contributed by atoms with Crippen LogP contribution in [0.3, 0.4) is 0 Å². The lowest BCUT2D eigenvalue weighted by Crippen LogP contribution is -2.05. The highest BCUT2D eigenvalue weighted by Crippen LogP contribution is 2.24. The first kappa shape index (κ1) is 11.0. The molecule has 0 aliphatic heterocycles. The lowest BCUT2D eigenvalue weighted by atomic mass is 9.87. The van der Waals surface area contributed by atoms with E-state index < -0.39 is 0 Å². The van der Waals surface area contributed by atoms with E-state index in [9.17, 15) is 0 Å². The molecule has 0 unspecified atom stereocenters. The van der Waals surface area contributed by atoms with Crippen molar-refractivity contribution in [2.24, 2.45) is 5.41 Å². The van der Waals surface area contributed by atoms with E-state index in [0.717, 1.165) is 5.57 Å². The maximum Gasteiger partial charge on any atom is 0.111 e. The Hall–Kier alpha value is -0.980. The predicted octanol–water partition coefficient (Wildman–Crippen LogP) is 3.61. The largest absolute Gasteiger partial charge is 0.508 e. The first-order chi connectivity index (χ1) is 5.38. The van der Waals surface area contributed by atoms with Crippen LogP contribution in [-0.4, -0.2) is 5.11 Å². The second kappa shape index (κ2) is 4.15. The number of rotatable bonds is 2. The van der Waals surface area contributed by atoms with Crippen molar-refractivity contribution < 1.29 is 5.11 Å². The molecule has 0 radical (unpaired) electrons. The van der Waals surface area contributed by atoms with Crippen molar-refractivity contribution in [3.05, 3.63) is 36.1 Å². The Bertz CT molecular complexity index is 214. The molecule has 0 heterocycles. The molecule has 0 aromatic rings. The molecule has 0 aromatic carbocycles. The SMILES string of the molecule is C=C(/C=C\C(O)=C/C)C(C)(C)C. The molecule has 0 spiro atoms. The minimum atomic E-state index is 0.0739. The van der Waals surface area contributed by atoms with Gasteiger partial charge in [-0.2, -0.15) is 0 Å². The Morgan fingerprint density at radius 1 is 1.25 bits per heavy atom. The van der Waals surface area contributed by atoms with Crippen molar-refractivity contribution in [3.8, 4) is 0 Å². The molecule has 0 aliphatic carbocycles. The van der Waals surface area contributed by atoms with Gasteiger partial charge >= 0.3 is 0 Å². The van der Waals surface area contributed by atoms with Crippen LogP contribution in [0, 0.1) is 5.41 Å². The number of aliphatic hydroxyl groups excluding tert-OH is 1. The van der Waals surface area contributed by atoms with Crippen LogP contribution in [0.15, 0.2) is 36.1 Å². The van der Waals surface area contributed by atoms with Crippen LogP contribution in [-0.2, 0) is 0 Å². The number of allylic oxidation sites excluding steroid dienone is 4. The van der Waals surface area contributed by atoms with E-state index in [1.165, 1.54) is 0 Å². The van der Waals surface area contributed by atoms with Gasteiger partial charge in [0.2, 0.25) is 0 Å². The molecule has 0 aliphatic rings. The summed E-state index contributed by atoms with van der Waals surface area (Å²) in [5.74, 6) is 0.278. The zero-order valence-corrected chi connectivity index (χ0v) is 8.39. The van der Waals surface area contributed by atoms with Crippen LogP contribution in [0.1, 0.15) is 27.7 Å². The monoisotopic (exact) mass is 166 g/mol. The van der Waals surface area contributed by atoms with Crippen LogP contribution < -0.4 is 0 Å². The van der Waals surface area contributed by atoms with Gasteiger partial charge in [-0.1, -0.05) is 33.4 Å². The molecule has 1 N–H and O–H groups in total. The van der Waals surface area contributed by atoms with Crippen molar-refractivity contribution in [3.63, 3.8) is 0 Å². The highest BCUT2D eigenvalue weighted by Gasteiger charge is 2.11. The molecule has 0 amide bonds. The van der Waals surface area contributed by atoms with Gasteiger partial charge in [-0.15, -0.1) is 0 Å².